The highest BCUT2D eigenvalue weighted by Gasteiger charge is 2.28. The fourth-order valence-corrected chi connectivity index (χ4v) is 3.14. The number of H-pyrrole nitrogens is 1. The Morgan fingerprint density at radius 3 is 2.89 bits per heavy atom. The van der Waals surface area contributed by atoms with Gasteiger partial charge in [-0.25, -0.2) is 0 Å². The van der Waals surface area contributed by atoms with Gasteiger partial charge in [0.2, 0.25) is 0 Å². The molecule has 2 N–H and O–H groups in total. The topological polar surface area (TPSA) is 92.2 Å². The van der Waals surface area contributed by atoms with Crippen molar-refractivity contribution in [3.05, 3.63) is 42.9 Å². The summed E-state index contributed by atoms with van der Waals surface area (Å²) in [6.45, 7) is 0. The van der Waals surface area contributed by atoms with Crippen LogP contribution in [0.15, 0.2) is 26.2 Å². The number of nitrogens with zero attached hydrogens (tertiary/aromatic N) is 1. The van der Waals surface area contributed by atoms with Crippen molar-refractivity contribution in [2.75, 3.05) is 0 Å². The Kier molecular flexibility index (Phi) is 2.60. The van der Waals surface area contributed by atoms with Gasteiger partial charge in [-0.2, -0.15) is 0 Å². The number of aromatic nitrogens is 2. The number of rotatable bonds is 2. The predicted octanol–water partition coefficient (Wildman–Crippen LogP) is 1.02. The summed E-state index contributed by atoms with van der Waals surface area (Å²) < 4.78 is 2.09. The van der Waals surface area contributed by atoms with Crippen molar-refractivity contribution in [1.29, 1.82) is 0 Å². The second kappa shape index (κ2) is 4.06. The zero-order valence-electron chi connectivity index (χ0n) is 9.64. The van der Waals surface area contributed by atoms with E-state index < -0.39 is 23.1 Å². The smallest absolute Gasteiger partial charge is 0.317 e. The highest BCUT2D eigenvalue weighted by Crippen LogP contribution is 2.33. The Labute approximate surface area is 114 Å². The first kappa shape index (κ1) is 12.2. The summed E-state index contributed by atoms with van der Waals surface area (Å²) in [7, 11) is 0. The molecule has 0 saturated heterocycles. The molecule has 2 heterocycles. The molecule has 0 radical (unpaired) electrons. The van der Waals surface area contributed by atoms with Crippen molar-refractivity contribution in [3.63, 3.8) is 0 Å². The molecule has 1 aromatic heterocycles. The van der Waals surface area contributed by atoms with Gasteiger partial charge in [-0.05, 0) is 24.1 Å². The number of halogens is 1. The van der Waals surface area contributed by atoms with Gasteiger partial charge in [-0.15, -0.1) is 0 Å². The van der Waals surface area contributed by atoms with E-state index in [1.807, 2.05) is 6.07 Å². The first-order valence-electron chi connectivity index (χ1n) is 5.66. The minimum absolute atomic E-state index is 0.176. The number of hydrogen-bond donors (Lipinski definition) is 2. The maximum atomic E-state index is 11.9. The van der Waals surface area contributed by atoms with E-state index in [-0.39, 0.29) is 6.42 Å². The molecule has 0 bridgehead atoms. The molecule has 1 atom stereocenters. The van der Waals surface area contributed by atoms with Crippen molar-refractivity contribution in [3.8, 4) is 0 Å². The summed E-state index contributed by atoms with van der Waals surface area (Å²) in [6.07, 6.45) is 0.263. The average Bonchev–Trinajstić information content (AvgIpc) is 2.63. The van der Waals surface area contributed by atoms with Crippen LogP contribution < -0.4 is 11.1 Å². The van der Waals surface area contributed by atoms with Crippen molar-refractivity contribution in [1.82, 2.24) is 9.55 Å². The van der Waals surface area contributed by atoms with Gasteiger partial charge in [0.25, 0.3) is 0 Å². The number of carbonyl (C=O) groups is 1. The van der Waals surface area contributed by atoms with Crippen LogP contribution in [-0.2, 0) is 11.2 Å². The van der Waals surface area contributed by atoms with Gasteiger partial charge in [0.1, 0.15) is 0 Å². The van der Waals surface area contributed by atoms with Gasteiger partial charge in [-0.1, -0.05) is 15.9 Å². The SMILES string of the molecule is O=C(O)CC1Cc2cc(Br)cc3[nH]c(=O)c(=O)n1c23. The van der Waals surface area contributed by atoms with Gasteiger partial charge in [0.05, 0.1) is 23.5 Å². The fourth-order valence-electron chi connectivity index (χ4n) is 2.64. The van der Waals surface area contributed by atoms with E-state index in [1.54, 1.807) is 6.07 Å². The van der Waals surface area contributed by atoms with E-state index in [1.165, 1.54) is 4.57 Å². The zero-order chi connectivity index (χ0) is 13.7. The third kappa shape index (κ3) is 1.81. The van der Waals surface area contributed by atoms with Crippen LogP contribution in [0.3, 0.4) is 0 Å². The standard InChI is InChI=1S/C12H9BrN2O4/c13-6-1-5-2-7(4-9(16)17)15-10(5)8(3-6)14-11(18)12(15)19/h1,3,7H,2,4H2,(H,14,18)(H,16,17). The van der Waals surface area contributed by atoms with E-state index in [2.05, 4.69) is 20.9 Å². The Hall–Kier alpha value is -1.89. The minimum Gasteiger partial charge on any atom is -0.481 e. The maximum Gasteiger partial charge on any atom is 0.317 e. The molecule has 1 unspecified atom stereocenters. The van der Waals surface area contributed by atoms with Crippen LogP contribution in [0.5, 0.6) is 0 Å². The minimum atomic E-state index is -0.989. The molecule has 0 spiro atoms. The Morgan fingerprint density at radius 1 is 1.47 bits per heavy atom. The number of carboxylic acids is 1. The molecular formula is C12H9BrN2O4. The summed E-state index contributed by atoms with van der Waals surface area (Å²) in [4.78, 5) is 37.0. The van der Waals surface area contributed by atoms with Crippen LogP contribution in [-0.4, -0.2) is 20.6 Å². The number of hydrogen-bond acceptors (Lipinski definition) is 3. The first-order valence-corrected chi connectivity index (χ1v) is 6.45. The van der Waals surface area contributed by atoms with Crippen LogP contribution in [0.25, 0.3) is 11.0 Å². The van der Waals surface area contributed by atoms with Crippen LogP contribution in [0.2, 0.25) is 0 Å². The summed E-state index contributed by atoms with van der Waals surface area (Å²) >= 11 is 3.34. The molecule has 1 aromatic carbocycles. The molecule has 6 nitrogen and oxygen atoms in total. The Bertz CT molecular complexity index is 821. The third-order valence-electron chi connectivity index (χ3n) is 3.29. The van der Waals surface area contributed by atoms with Crippen molar-refractivity contribution >= 4 is 32.9 Å². The van der Waals surface area contributed by atoms with Crippen LogP contribution >= 0.6 is 15.9 Å². The van der Waals surface area contributed by atoms with E-state index >= 15 is 0 Å². The van der Waals surface area contributed by atoms with Crippen LogP contribution in [0.1, 0.15) is 18.0 Å². The zero-order valence-corrected chi connectivity index (χ0v) is 11.2. The van der Waals surface area contributed by atoms with E-state index in [0.717, 1.165) is 10.0 Å². The lowest BCUT2D eigenvalue weighted by Crippen LogP contribution is -2.37. The molecule has 1 aliphatic heterocycles. The van der Waals surface area contributed by atoms with Gasteiger partial charge >= 0.3 is 17.1 Å². The molecule has 19 heavy (non-hydrogen) atoms. The molecule has 98 valence electrons. The lowest BCUT2D eigenvalue weighted by molar-refractivity contribution is -0.137. The third-order valence-corrected chi connectivity index (χ3v) is 3.74. The lowest BCUT2D eigenvalue weighted by atomic mass is 10.1. The van der Waals surface area contributed by atoms with Gasteiger partial charge in [-0.3, -0.25) is 19.0 Å². The van der Waals surface area contributed by atoms with Crippen LogP contribution in [0, 0.1) is 0 Å². The summed E-state index contributed by atoms with van der Waals surface area (Å²) in [5.41, 5.74) is 0.610. The highest BCUT2D eigenvalue weighted by atomic mass is 79.9. The molecule has 0 saturated carbocycles. The van der Waals surface area contributed by atoms with Gasteiger partial charge < -0.3 is 10.1 Å². The first-order chi connectivity index (χ1) is 8.97. The number of nitrogens with one attached hydrogen (secondary N) is 1. The lowest BCUT2D eigenvalue weighted by Gasteiger charge is -2.11. The molecule has 0 aliphatic carbocycles. The Morgan fingerprint density at radius 2 is 2.21 bits per heavy atom. The van der Waals surface area contributed by atoms with E-state index in [9.17, 15) is 14.4 Å². The number of aliphatic carboxylic acids is 1. The number of benzene rings is 1. The number of aromatic amines is 1. The fraction of sp³-hybridized carbons (Fsp3) is 0.250. The molecular weight excluding hydrogens is 316 g/mol. The molecule has 0 fully saturated rings. The number of carboxylic acid groups (broad SMARTS) is 1. The Balaban J connectivity index is 2.37. The monoisotopic (exact) mass is 324 g/mol. The second-order valence-electron chi connectivity index (χ2n) is 4.55. The van der Waals surface area contributed by atoms with Gasteiger partial charge in [0.15, 0.2) is 0 Å². The van der Waals surface area contributed by atoms with Gasteiger partial charge in [0, 0.05) is 4.47 Å². The summed E-state index contributed by atoms with van der Waals surface area (Å²) in [6, 6.07) is 3.05. The average molecular weight is 325 g/mol. The summed E-state index contributed by atoms with van der Waals surface area (Å²) in [5.74, 6) is -0.989. The normalized spacial score (nSPS) is 17.0. The molecule has 3 rings (SSSR count). The second-order valence-corrected chi connectivity index (χ2v) is 5.46. The highest BCUT2D eigenvalue weighted by molar-refractivity contribution is 9.10. The predicted molar refractivity (Wildman–Crippen MR) is 71.5 cm³/mol. The van der Waals surface area contributed by atoms with Crippen LogP contribution in [0.4, 0.5) is 0 Å². The van der Waals surface area contributed by atoms with Crippen molar-refractivity contribution in [2.24, 2.45) is 0 Å². The molecule has 1 aliphatic rings. The quantitative estimate of drug-likeness (QED) is 0.807. The largest absolute Gasteiger partial charge is 0.481 e. The van der Waals surface area contributed by atoms with Crippen molar-refractivity contribution < 1.29 is 9.90 Å². The van der Waals surface area contributed by atoms with Crippen molar-refractivity contribution in [2.45, 2.75) is 18.9 Å². The summed E-state index contributed by atoms with van der Waals surface area (Å²) in [5, 5.41) is 8.91. The van der Waals surface area contributed by atoms with E-state index in [0.29, 0.717) is 17.5 Å². The molecule has 2 aromatic rings. The van der Waals surface area contributed by atoms with E-state index in [4.69, 9.17) is 5.11 Å². The maximum absolute atomic E-state index is 11.9. The molecule has 0 amide bonds. The molecule has 7 heteroatoms.